The van der Waals surface area contributed by atoms with Crippen LogP contribution in [0.5, 0.6) is 0 Å². The van der Waals surface area contributed by atoms with E-state index in [4.69, 9.17) is 0 Å². The molecule has 0 aliphatic carbocycles. The van der Waals surface area contributed by atoms with Crippen molar-refractivity contribution in [3.05, 3.63) is 47.5 Å². The first-order valence-corrected chi connectivity index (χ1v) is 6.06. The molecule has 0 amide bonds. The molecule has 94 valence electrons. The molecule has 0 spiro atoms. The predicted molar refractivity (Wildman–Crippen MR) is 69.6 cm³/mol. The predicted octanol–water partition coefficient (Wildman–Crippen LogP) is 2.59. The second-order valence-corrected chi connectivity index (χ2v) is 4.67. The first-order valence-electron chi connectivity index (χ1n) is 6.06. The lowest BCUT2D eigenvalue weighted by atomic mass is 10.1. The molecule has 0 aliphatic heterocycles. The summed E-state index contributed by atoms with van der Waals surface area (Å²) in [6, 6.07) is 5.86. The SMILES string of the molecule is Cc1ccc(C(=O)Cc2ccn(C(C)C)n2)cn1. The van der Waals surface area contributed by atoms with E-state index in [0.717, 1.165) is 11.4 Å². The van der Waals surface area contributed by atoms with Crippen LogP contribution in [0, 0.1) is 6.92 Å². The minimum atomic E-state index is 0.0523. The third-order valence-corrected chi connectivity index (χ3v) is 2.77. The zero-order valence-corrected chi connectivity index (χ0v) is 10.9. The fraction of sp³-hybridized carbons (Fsp3) is 0.357. The second kappa shape index (κ2) is 5.12. The van der Waals surface area contributed by atoms with E-state index in [0.29, 0.717) is 18.0 Å². The molecule has 2 rings (SSSR count). The van der Waals surface area contributed by atoms with Crippen LogP contribution in [-0.4, -0.2) is 20.5 Å². The molecule has 0 fully saturated rings. The number of hydrogen-bond donors (Lipinski definition) is 0. The van der Waals surface area contributed by atoms with Crippen molar-refractivity contribution >= 4 is 5.78 Å². The van der Waals surface area contributed by atoms with E-state index in [2.05, 4.69) is 23.9 Å². The Morgan fingerprint density at radius 2 is 2.11 bits per heavy atom. The van der Waals surface area contributed by atoms with Crippen molar-refractivity contribution in [2.75, 3.05) is 0 Å². The van der Waals surface area contributed by atoms with E-state index in [-0.39, 0.29) is 5.78 Å². The molecule has 0 radical (unpaired) electrons. The van der Waals surface area contributed by atoms with E-state index in [1.54, 1.807) is 6.20 Å². The van der Waals surface area contributed by atoms with Gasteiger partial charge in [0.05, 0.1) is 12.1 Å². The number of nitrogens with zero attached hydrogens (tertiary/aromatic N) is 3. The molecule has 0 bridgehead atoms. The standard InChI is InChI=1S/C14H17N3O/c1-10(2)17-7-6-13(16-17)8-14(18)12-5-4-11(3)15-9-12/h4-7,9-10H,8H2,1-3H3. The van der Waals surface area contributed by atoms with Crippen LogP contribution >= 0.6 is 0 Å². The first kappa shape index (κ1) is 12.5. The molecular weight excluding hydrogens is 226 g/mol. The number of carbonyl (C=O) groups excluding carboxylic acids is 1. The Hall–Kier alpha value is -1.97. The van der Waals surface area contributed by atoms with Crippen molar-refractivity contribution in [3.8, 4) is 0 Å². The molecule has 0 unspecified atom stereocenters. The number of rotatable bonds is 4. The summed E-state index contributed by atoms with van der Waals surface area (Å²) in [5.41, 5.74) is 2.35. The lowest BCUT2D eigenvalue weighted by molar-refractivity contribution is 0.0991. The highest BCUT2D eigenvalue weighted by atomic mass is 16.1. The Kier molecular flexibility index (Phi) is 3.55. The van der Waals surface area contributed by atoms with Crippen molar-refractivity contribution in [3.63, 3.8) is 0 Å². The lowest BCUT2D eigenvalue weighted by Gasteiger charge is -2.03. The fourth-order valence-electron chi connectivity index (χ4n) is 1.66. The van der Waals surface area contributed by atoms with Gasteiger partial charge < -0.3 is 0 Å². The molecule has 0 N–H and O–H groups in total. The summed E-state index contributed by atoms with van der Waals surface area (Å²) in [4.78, 5) is 16.1. The third-order valence-electron chi connectivity index (χ3n) is 2.77. The molecular formula is C14H17N3O. The van der Waals surface area contributed by atoms with Crippen LogP contribution in [0.15, 0.2) is 30.6 Å². The summed E-state index contributed by atoms with van der Waals surface area (Å²) in [5.74, 6) is 0.0523. The Morgan fingerprint density at radius 3 is 2.67 bits per heavy atom. The van der Waals surface area contributed by atoms with Crippen molar-refractivity contribution in [1.82, 2.24) is 14.8 Å². The number of Topliss-reactive ketones (excluding diaryl/α,β-unsaturated/α-hetero) is 1. The van der Waals surface area contributed by atoms with Crippen LogP contribution in [0.2, 0.25) is 0 Å². The summed E-state index contributed by atoms with van der Waals surface area (Å²) in [5, 5.41) is 4.37. The quantitative estimate of drug-likeness (QED) is 0.775. The van der Waals surface area contributed by atoms with Crippen molar-refractivity contribution < 1.29 is 4.79 Å². The lowest BCUT2D eigenvalue weighted by Crippen LogP contribution is -2.07. The van der Waals surface area contributed by atoms with E-state index < -0.39 is 0 Å². The maximum absolute atomic E-state index is 12.0. The molecule has 0 saturated heterocycles. The van der Waals surface area contributed by atoms with Gasteiger partial charge in [0.2, 0.25) is 0 Å². The number of pyridine rings is 1. The average Bonchev–Trinajstić information content (AvgIpc) is 2.78. The van der Waals surface area contributed by atoms with Crippen LogP contribution in [0.1, 0.15) is 41.6 Å². The normalized spacial score (nSPS) is 10.9. The number of ketones is 1. The third kappa shape index (κ3) is 2.83. The van der Waals surface area contributed by atoms with Crippen LogP contribution in [-0.2, 0) is 6.42 Å². The highest BCUT2D eigenvalue weighted by Crippen LogP contribution is 2.08. The van der Waals surface area contributed by atoms with Gasteiger partial charge in [-0.3, -0.25) is 14.5 Å². The van der Waals surface area contributed by atoms with Gasteiger partial charge in [-0.25, -0.2) is 0 Å². The highest BCUT2D eigenvalue weighted by Gasteiger charge is 2.10. The molecule has 2 heterocycles. The van der Waals surface area contributed by atoms with Crippen LogP contribution in [0.4, 0.5) is 0 Å². The molecule has 0 aliphatic rings. The average molecular weight is 243 g/mol. The van der Waals surface area contributed by atoms with Crippen LogP contribution < -0.4 is 0 Å². The second-order valence-electron chi connectivity index (χ2n) is 4.67. The summed E-state index contributed by atoms with van der Waals surface area (Å²) in [6.45, 7) is 6.02. The van der Waals surface area contributed by atoms with Crippen molar-refractivity contribution in [2.24, 2.45) is 0 Å². The largest absolute Gasteiger partial charge is 0.294 e. The summed E-state index contributed by atoms with van der Waals surface area (Å²) in [7, 11) is 0. The zero-order chi connectivity index (χ0) is 13.1. The maximum Gasteiger partial charge on any atom is 0.170 e. The molecule has 4 heteroatoms. The van der Waals surface area contributed by atoms with E-state index >= 15 is 0 Å². The monoisotopic (exact) mass is 243 g/mol. The Balaban J connectivity index is 2.08. The molecule has 0 atom stereocenters. The minimum absolute atomic E-state index is 0.0523. The zero-order valence-electron chi connectivity index (χ0n) is 10.9. The van der Waals surface area contributed by atoms with Gasteiger partial charge in [0.1, 0.15) is 0 Å². The topological polar surface area (TPSA) is 47.8 Å². The highest BCUT2D eigenvalue weighted by molar-refractivity contribution is 5.96. The van der Waals surface area contributed by atoms with E-state index in [1.807, 2.05) is 36.0 Å². The van der Waals surface area contributed by atoms with Gasteiger partial charge in [-0.15, -0.1) is 0 Å². The van der Waals surface area contributed by atoms with Crippen LogP contribution in [0.25, 0.3) is 0 Å². The van der Waals surface area contributed by atoms with E-state index in [1.165, 1.54) is 0 Å². The van der Waals surface area contributed by atoms with Gasteiger partial charge in [-0.05, 0) is 39.0 Å². The maximum atomic E-state index is 12.0. The molecule has 18 heavy (non-hydrogen) atoms. The Labute approximate surface area is 107 Å². The summed E-state index contributed by atoms with van der Waals surface area (Å²) >= 11 is 0. The summed E-state index contributed by atoms with van der Waals surface area (Å²) < 4.78 is 1.86. The number of aromatic nitrogens is 3. The number of hydrogen-bond acceptors (Lipinski definition) is 3. The van der Waals surface area contributed by atoms with Gasteiger partial charge in [0.15, 0.2) is 5.78 Å². The van der Waals surface area contributed by atoms with Gasteiger partial charge in [0, 0.05) is 29.7 Å². The van der Waals surface area contributed by atoms with Gasteiger partial charge in [-0.1, -0.05) is 0 Å². The Morgan fingerprint density at radius 1 is 1.33 bits per heavy atom. The first-order chi connectivity index (χ1) is 8.56. The molecule has 4 nitrogen and oxygen atoms in total. The summed E-state index contributed by atoms with van der Waals surface area (Å²) in [6.07, 6.45) is 3.85. The molecule has 2 aromatic heterocycles. The Bertz CT molecular complexity index is 540. The smallest absolute Gasteiger partial charge is 0.170 e. The number of carbonyl (C=O) groups is 1. The molecule has 0 aromatic carbocycles. The molecule has 2 aromatic rings. The van der Waals surface area contributed by atoms with E-state index in [9.17, 15) is 4.79 Å². The van der Waals surface area contributed by atoms with Gasteiger partial charge in [0.25, 0.3) is 0 Å². The van der Waals surface area contributed by atoms with Crippen molar-refractivity contribution in [1.29, 1.82) is 0 Å². The van der Waals surface area contributed by atoms with Gasteiger partial charge in [-0.2, -0.15) is 5.10 Å². The number of aryl methyl sites for hydroxylation is 1. The minimum Gasteiger partial charge on any atom is -0.294 e. The fourth-order valence-corrected chi connectivity index (χ4v) is 1.66. The van der Waals surface area contributed by atoms with Gasteiger partial charge >= 0.3 is 0 Å². The van der Waals surface area contributed by atoms with Crippen LogP contribution in [0.3, 0.4) is 0 Å². The molecule has 0 saturated carbocycles. The van der Waals surface area contributed by atoms with Crippen molar-refractivity contribution in [2.45, 2.75) is 33.2 Å².